The molecule has 126 valence electrons. The molecule has 5 heteroatoms. The van der Waals surface area contributed by atoms with Crippen LogP contribution in [0.4, 0.5) is 0 Å². The van der Waals surface area contributed by atoms with Crippen LogP contribution in [0.5, 0.6) is 0 Å². The van der Waals surface area contributed by atoms with E-state index in [1.807, 2.05) is 48.8 Å². The van der Waals surface area contributed by atoms with Gasteiger partial charge >= 0.3 is 5.97 Å². The second-order valence-electron chi connectivity index (χ2n) is 5.76. The summed E-state index contributed by atoms with van der Waals surface area (Å²) in [5.74, 6) is -0.493. The first-order valence-corrected chi connectivity index (χ1v) is 10.0. The third-order valence-electron chi connectivity index (χ3n) is 4.25. The van der Waals surface area contributed by atoms with Crippen LogP contribution in [0.25, 0.3) is 5.69 Å². The third-order valence-corrected chi connectivity index (χ3v) is 6.60. The van der Waals surface area contributed by atoms with Crippen molar-refractivity contribution >= 4 is 29.1 Å². The monoisotopic (exact) mass is 368 g/mol. The number of esters is 1. The Morgan fingerprint density at radius 2 is 1.88 bits per heavy atom. The summed E-state index contributed by atoms with van der Waals surface area (Å²) < 4.78 is 7.59. The second-order valence-corrected chi connectivity index (χ2v) is 7.87. The molecule has 0 fully saturated rings. The molecule has 0 amide bonds. The third kappa shape index (κ3) is 2.98. The van der Waals surface area contributed by atoms with E-state index in [9.17, 15) is 4.79 Å². The zero-order chi connectivity index (χ0) is 17.2. The molecule has 0 aliphatic carbocycles. The molecule has 0 radical (unpaired) electrons. The molecule has 0 saturated heterocycles. The molecule has 2 atom stereocenters. The Balaban J connectivity index is 1.92. The fourth-order valence-corrected chi connectivity index (χ4v) is 5.61. The summed E-state index contributed by atoms with van der Waals surface area (Å²) in [5, 5.41) is 3.04. The molecule has 0 unspecified atom stereocenters. The average Bonchev–Trinajstić information content (AvgIpc) is 3.06. The van der Waals surface area contributed by atoms with Gasteiger partial charge in [0.1, 0.15) is 0 Å². The molecule has 3 nitrogen and oxygen atoms in total. The van der Waals surface area contributed by atoms with E-state index in [1.54, 1.807) is 23.1 Å². The van der Waals surface area contributed by atoms with Gasteiger partial charge in [0, 0.05) is 6.07 Å². The van der Waals surface area contributed by atoms with Gasteiger partial charge in [0.15, 0.2) is 12.1 Å². The molecule has 0 spiro atoms. The summed E-state index contributed by atoms with van der Waals surface area (Å²) in [6, 6.07) is 18.6. The Morgan fingerprint density at radius 3 is 2.68 bits per heavy atom. The van der Waals surface area contributed by atoms with Crippen molar-refractivity contribution < 1.29 is 14.1 Å². The van der Waals surface area contributed by atoms with Gasteiger partial charge in [-0.3, -0.25) is 4.79 Å². The highest BCUT2D eigenvalue weighted by Crippen LogP contribution is 2.49. The van der Waals surface area contributed by atoms with E-state index in [4.69, 9.17) is 4.74 Å². The summed E-state index contributed by atoms with van der Waals surface area (Å²) in [6.45, 7) is 2.25. The number of fused-ring (bicyclic) bond motifs is 3. The minimum Gasteiger partial charge on any atom is -0.465 e. The van der Waals surface area contributed by atoms with E-state index < -0.39 is 0 Å². The number of thiazole rings is 1. The van der Waals surface area contributed by atoms with Gasteiger partial charge in [0.05, 0.1) is 22.1 Å². The lowest BCUT2D eigenvalue weighted by atomic mass is 9.99. The van der Waals surface area contributed by atoms with Crippen molar-refractivity contribution in [1.29, 1.82) is 0 Å². The van der Waals surface area contributed by atoms with Crippen LogP contribution in [-0.4, -0.2) is 12.6 Å². The van der Waals surface area contributed by atoms with Gasteiger partial charge in [-0.05, 0) is 18.6 Å². The first-order chi connectivity index (χ1) is 12.3. The number of para-hydroxylation sites is 1. The maximum absolute atomic E-state index is 12.9. The van der Waals surface area contributed by atoms with Crippen molar-refractivity contribution in [3.63, 3.8) is 0 Å². The van der Waals surface area contributed by atoms with E-state index >= 15 is 0 Å². The molecular formula is C20H18NO2S2+. The van der Waals surface area contributed by atoms with Gasteiger partial charge in [0.25, 0.3) is 5.01 Å². The summed E-state index contributed by atoms with van der Waals surface area (Å²) >= 11 is 3.35. The van der Waals surface area contributed by atoms with Gasteiger partial charge in [-0.15, -0.1) is 11.8 Å². The first-order valence-electron chi connectivity index (χ1n) is 8.26. The Morgan fingerprint density at radius 1 is 1.12 bits per heavy atom. The Bertz CT molecular complexity index is 891. The van der Waals surface area contributed by atoms with Crippen LogP contribution in [0.3, 0.4) is 0 Å². The lowest BCUT2D eigenvalue weighted by molar-refractivity contribution is -0.601. The van der Waals surface area contributed by atoms with Crippen LogP contribution >= 0.6 is 23.1 Å². The number of benzene rings is 2. The lowest BCUT2D eigenvalue weighted by Crippen LogP contribution is -2.36. The highest BCUT2D eigenvalue weighted by molar-refractivity contribution is 7.99. The van der Waals surface area contributed by atoms with Crippen LogP contribution in [0.1, 0.15) is 28.7 Å². The topological polar surface area (TPSA) is 30.2 Å². The maximum atomic E-state index is 12.9. The largest absolute Gasteiger partial charge is 0.465 e. The molecule has 4 rings (SSSR count). The Hall–Kier alpha value is -2.11. The van der Waals surface area contributed by atoms with Gasteiger partial charge < -0.3 is 4.74 Å². The number of nitrogens with zero attached hydrogens (tertiary/aromatic N) is 1. The molecular weight excluding hydrogens is 350 g/mol. The molecule has 0 N–H and O–H groups in total. The molecule has 1 aliphatic rings. The highest BCUT2D eigenvalue weighted by Gasteiger charge is 2.44. The molecule has 25 heavy (non-hydrogen) atoms. The first kappa shape index (κ1) is 16.4. The number of thioether (sulfide) groups is 1. The van der Waals surface area contributed by atoms with Gasteiger partial charge in [-0.25, -0.2) is 0 Å². The van der Waals surface area contributed by atoms with E-state index in [1.165, 1.54) is 4.90 Å². The van der Waals surface area contributed by atoms with E-state index in [0.29, 0.717) is 6.61 Å². The number of hydrogen-bond acceptors (Lipinski definition) is 4. The van der Waals surface area contributed by atoms with Crippen molar-refractivity contribution in [1.82, 2.24) is 0 Å². The van der Waals surface area contributed by atoms with Crippen LogP contribution < -0.4 is 4.57 Å². The van der Waals surface area contributed by atoms with Crippen LogP contribution in [-0.2, 0) is 9.53 Å². The lowest BCUT2D eigenvalue weighted by Gasteiger charge is -2.20. The number of rotatable bonds is 3. The van der Waals surface area contributed by atoms with Crippen LogP contribution in [0, 0.1) is 0 Å². The van der Waals surface area contributed by atoms with E-state index in [2.05, 4.69) is 28.8 Å². The Labute approximate surface area is 155 Å². The smallest absolute Gasteiger partial charge is 0.322 e. The molecule has 0 bridgehead atoms. The van der Waals surface area contributed by atoms with E-state index in [0.717, 1.165) is 16.3 Å². The normalized spacial score (nSPS) is 18.8. The predicted molar refractivity (Wildman–Crippen MR) is 100 cm³/mol. The van der Waals surface area contributed by atoms with Gasteiger partial charge in [-0.1, -0.05) is 53.8 Å². The van der Waals surface area contributed by atoms with Crippen molar-refractivity contribution in [3.05, 3.63) is 76.7 Å². The SMILES string of the molecule is CCOC(=O)[C@@H]1c2scc[n+]2-c2ccccc2S[C@H]1c1ccccc1. The number of carbonyl (C=O) groups excluding carboxylic acids is 1. The molecule has 1 aromatic heterocycles. The molecule has 2 heterocycles. The zero-order valence-corrected chi connectivity index (χ0v) is 15.4. The van der Waals surface area contributed by atoms with Crippen LogP contribution in [0.15, 0.2) is 71.1 Å². The molecule has 3 aromatic rings. The van der Waals surface area contributed by atoms with Crippen molar-refractivity contribution in [2.45, 2.75) is 23.0 Å². The predicted octanol–water partition coefficient (Wildman–Crippen LogP) is 4.52. The van der Waals surface area contributed by atoms with Gasteiger partial charge in [0.2, 0.25) is 5.69 Å². The summed E-state index contributed by atoms with van der Waals surface area (Å²) in [6.07, 6.45) is 2.04. The average molecular weight is 369 g/mol. The zero-order valence-electron chi connectivity index (χ0n) is 13.8. The number of carbonyl (C=O) groups is 1. The minimum absolute atomic E-state index is 0.0196. The number of aromatic nitrogens is 1. The van der Waals surface area contributed by atoms with Crippen molar-refractivity contribution in [2.75, 3.05) is 6.61 Å². The molecule has 1 aliphatic heterocycles. The van der Waals surface area contributed by atoms with Crippen molar-refractivity contribution in [2.24, 2.45) is 0 Å². The quantitative estimate of drug-likeness (QED) is 0.503. The summed E-state index contributed by atoms with van der Waals surface area (Å²) in [5.41, 5.74) is 2.26. The maximum Gasteiger partial charge on any atom is 0.322 e. The number of hydrogen-bond donors (Lipinski definition) is 0. The summed E-state index contributed by atoms with van der Waals surface area (Å²) in [4.78, 5) is 14.1. The minimum atomic E-state index is -0.334. The fraction of sp³-hybridized carbons (Fsp3) is 0.200. The van der Waals surface area contributed by atoms with E-state index in [-0.39, 0.29) is 17.1 Å². The fourth-order valence-electron chi connectivity index (χ4n) is 3.16. The van der Waals surface area contributed by atoms with Crippen LogP contribution in [0.2, 0.25) is 0 Å². The highest BCUT2D eigenvalue weighted by atomic mass is 32.2. The molecule has 2 aromatic carbocycles. The summed E-state index contributed by atoms with van der Waals surface area (Å²) in [7, 11) is 0. The second kappa shape index (κ2) is 7.02. The number of ether oxygens (including phenoxy) is 1. The van der Waals surface area contributed by atoms with Crippen molar-refractivity contribution in [3.8, 4) is 5.69 Å². The molecule has 0 saturated carbocycles. The Kier molecular flexibility index (Phi) is 4.59. The standard InChI is InChI=1S/C20H18NO2S2/c1-2-23-20(22)17-18(14-8-4-3-5-9-14)25-16-11-7-6-10-15(16)21-12-13-24-19(17)21/h3-13,17-18H,2H2,1H3/q+1/t17-,18-/m0/s1. The van der Waals surface area contributed by atoms with Gasteiger partial charge in [-0.2, -0.15) is 4.57 Å².